The fourth-order valence-electron chi connectivity index (χ4n) is 2.97. The quantitative estimate of drug-likeness (QED) is 0.607. The van der Waals surface area contributed by atoms with Crippen molar-refractivity contribution >= 4 is 35.1 Å². The van der Waals surface area contributed by atoms with E-state index in [2.05, 4.69) is 10.6 Å². The summed E-state index contributed by atoms with van der Waals surface area (Å²) in [5.74, 6) is -2.26. The predicted molar refractivity (Wildman–Crippen MR) is 108 cm³/mol. The van der Waals surface area contributed by atoms with Crippen LogP contribution in [-0.4, -0.2) is 44.5 Å². The number of urea groups is 1. The van der Waals surface area contributed by atoms with Crippen molar-refractivity contribution in [2.75, 3.05) is 31.0 Å². The summed E-state index contributed by atoms with van der Waals surface area (Å²) in [6.07, 6.45) is 0. The van der Waals surface area contributed by atoms with Gasteiger partial charge in [-0.3, -0.25) is 14.4 Å². The monoisotopic (exact) mass is 412 g/mol. The lowest BCUT2D eigenvalue weighted by Gasteiger charge is -2.31. The summed E-state index contributed by atoms with van der Waals surface area (Å²) in [6, 6.07) is 9.80. The molecule has 0 bridgehead atoms. The zero-order valence-electron chi connectivity index (χ0n) is 16.3. The number of anilines is 2. The molecule has 3 rings (SSSR count). The molecule has 1 fully saturated rings. The maximum atomic E-state index is 12.9. The molecule has 2 aromatic carbocycles. The van der Waals surface area contributed by atoms with Gasteiger partial charge in [0.05, 0.1) is 19.9 Å². The third-order valence-corrected chi connectivity index (χ3v) is 4.56. The van der Waals surface area contributed by atoms with E-state index < -0.39 is 29.7 Å². The van der Waals surface area contributed by atoms with Crippen LogP contribution in [0.5, 0.6) is 11.5 Å². The molecule has 156 valence electrons. The molecule has 4 N–H and O–H groups in total. The van der Waals surface area contributed by atoms with Crippen molar-refractivity contribution in [3.05, 3.63) is 48.0 Å². The maximum absolute atomic E-state index is 12.9. The number of hydrogen-bond donors (Lipinski definition) is 3. The van der Waals surface area contributed by atoms with E-state index in [0.29, 0.717) is 17.2 Å². The number of hydrogen-bond acceptors (Lipinski definition) is 6. The molecule has 1 atom stereocenters. The number of ether oxygens (including phenoxy) is 2. The first-order chi connectivity index (χ1) is 14.3. The molecule has 1 heterocycles. The van der Waals surface area contributed by atoms with Crippen molar-refractivity contribution in [2.45, 2.75) is 0 Å². The Bertz CT molecular complexity index is 1000. The van der Waals surface area contributed by atoms with Gasteiger partial charge in [0.1, 0.15) is 5.92 Å². The molecule has 0 saturated carbocycles. The third kappa shape index (κ3) is 4.02. The van der Waals surface area contributed by atoms with Crippen molar-refractivity contribution in [1.29, 1.82) is 0 Å². The zero-order valence-corrected chi connectivity index (χ0v) is 16.3. The van der Waals surface area contributed by atoms with E-state index in [0.717, 1.165) is 4.90 Å². The van der Waals surface area contributed by atoms with Crippen LogP contribution in [0.2, 0.25) is 0 Å². The molecule has 5 amide bonds. The second-order valence-electron chi connectivity index (χ2n) is 6.38. The van der Waals surface area contributed by atoms with Crippen LogP contribution in [0.3, 0.4) is 0 Å². The zero-order chi connectivity index (χ0) is 21.8. The average molecular weight is 412 g/mol. The molecule has 1 saturated heterocycles. The van der Waals surface area contributed by atoms with Crippen molar-refractivity contribution < 1.29 is 28.7 Å². The van der Waals surface area contributed by atoms with E-state index >= 15 is 0 Å². The Morgan fingerprint density at radius 3 is 2.33 bits per heavy atom. The molecule has 0 aliphatic carbocycles. The Labute approximate surface area is 171 Å². The number of carbonyl (C=O) groups is 4. The predicted octanol–water partition coefficient (Wildman–Crippen LogP) is 1.11. The van der Waals surface area contributed by atoms with Gasteiger partial charge >= 0.3 is 6.03 Å². The SMILES string of the molecule is COc1ccc(N2C(=O)NCC(C(=O)Nc3ccc(C(N)=O)cc3)C2=O)cc1OC. The molecule has 2 aromatic rings. The Balaban J connectivity index is 1.80. The van der Waals surface area contributed by atoms with Crippen LogP contribution in [0, 0.1) is 5.92 Å². The number of imide groups is 1. The molecule has 10 nitrogen and oxygen atoms in total. The highest BCUT2D eigenvalue weighted by molar-refractivity contribution is 6.23. The van der Waals surface area contributed by atoms with E-state index in [1.165, 1.54) is 50.6 Å². The molecule has 0 aromatic heterocycles. The molecule has 30 heavy (non-hydrogen) atoms. The number of methoxy groups -OCH3 is 2. The van der Waals surface area contributed by atoms with E-state index in [9.17, 15) is 19.2 Å². The van der Waals surface area contributed by atoms with E-state index in [-0.39, 0.29) is 17.8 Å². The fourth-order valence-corrected chi connectivity index (χ4v) is 2.97. The van der Waals surface area contributed by atoms with Crippen LogP contribution < -0.4 is 30.7 Å². The summed E-state index contributed by atoms with van der Waals surface area (Å²) in [7, 11) is 2.89. The van der Waals surface area contributed by atoms with Crippen LogP contribution >= 0.6 is 0 Å². The fraction of sp³-hybridized carbons (Fsp3) is 0.200. The lowest BCUT2D eigenvalue weighted by molar-refractivity contribution is -0.130. The minimum atomic E-state index is -1.15. The maximum Gasteiger partial charge on any atom is 0.328 e. The molecule has 0 radical (unpaired) electrons. The van der Waals surface area contributed by atoms with Crippen LogP contribution in [0.25, 0.3) is 0 Å². The van der Waals surface area contributed by atoms with Crippen LogP contribution in [0.1, 0.15) is 10.4 Å². The molecular weight excluding hydrogens is 392 g/mol. The van der Waals surface area contributed by atoms with Gasteiger partial charge in [-0.15, -0.1) is 0 Å². The molecule has 10 heteroatoms. The van der Waals surface area contributed by atoms with E-state index in [1.54, 1.807) is 6.07 Å². The number of nitrogens with one attached hydrogen (secondary N) is 2. The van der Waals surface area contributed by atoms with Crippen molar-refractivity contribution in [2.24, 2.45) is 11.7 Å². The Morgan fingerprint density at radius 2 is 1.73 bits per heavy atom. The van der Waals surface area contributed by atoms with Gasteiger partial charge in [0.2, 0.25) is 17.7 Å². The highest BCUT2D eigenvalue weighted by Gasteiger charge is 2.39. The van der Waals surface area contributed by atoms with Gasteiger partial charge in [0.25, 0.3) is 0 Å². The lowest BCUT2D eigenvalue weighted by Crippen LogP contribution is -2.58. The molecule has 1 unspecified atom stereocenters. The summed E-state index contributed by atoms with van der Waals surface area (Å²) in [5, 5.41) is 5.14. The average Bonchev–Trinajstić information content (AvgIpc) is 2.73. The largest absolute Gasteiger partial charge is 0.493 e. The van der Waals surface area contributed by atoms with Crippen LogP contribution in [0.15, 0.2) is 42.5 Å². The van der Waals surface area contributed by atoms with Gasteiger partial charge in [0, 0.05) is 23.9 Å². The highest BCUT2D eigenvalue weighted by atomic mass is 16.5. The first kappa shape index (κ1) is 20.6. The van der Waals surface area contributed by atoms with Gasteiger partial charge in [-0.2, -0.15) is 0 Å². The first-order valence-electron chi connectivity index (χ1n) is 8.90. The van der Waals surface area contributed by atoms with Crippen molar-refractivity contribution in [3.8, 4) is 11.5 Å². The number of rotatable bonds is 6. The highest BCUT2D eigenvalue weighted by Crippen LogP contribution is 2.32. The molecular formula is C20H20N4O6. The Hall–Kier alpha value is -4.08. The van der Waals surface area contributed by atoms with Gasteiger partial charge in [-0.25, -0.2) is 9.69 Å². The summed E-state index contributed by atoms with van der Waals surface area (Å²) < 4.78 is 10.4. The van der Waals surface area contributed by atoms with Gasteiger partial charge in [-0.05, 0) is 36.4 Å². The minimum absolute atomic E-state index is 0.146. The second-order valence-corrected chi connectivity index (χ2v) is 6.38. The Morgan fingerprint density at radius 1 is 1.07 bits per heavy atom. The van der Waals surface area contributed by atoms with Crippen LogP contribution in [0.4, 0.5) is 16.2 Å². The Kier molecular flexibility index (Phi) is 5.86. The lowest BCUT2D eigenvalue weighted by atomic mass is 10.0. The topological polar surface area (TPSA) is 140 Å². The third-order valence-electron chi connectivity index (χ3n) is 4.56. The molecule has 1 aliphatic heterocycles. The normalized spacial score (nSPS) is 15.9. The number of amides is 5. The number of nitrogens with two attached hydrogens (primary N) is 1. The van der Waals surface area contributed by atoms with Gasteiger partial charge in [0.15, 0.2) is 11.5 Å². The second kappa shape index (κ2) is 8.52. The summed E-state index contributed by atoms with van der Waals surface area (Å²) >= 11 is 0. The minimum Gasteiger partial charge on any atom is -0.493 e. The van der Waals surface area contributed by atoms with Crippen molar-refractivity contribution in [3.63, 3.8) is 0 Å². The smallest absolute Gasteiger partial charge is 0.328 e. The summed E-state index contributed by atoms with van der Waals surface area (Å²) in [4.78, 5) is 49.9. The standard InChI is InChI=1S/C20H20N4O6/c1-29-15-8-7-13(9-16(15)30-2)24-19(27)14(10-22-20(24)28)18(26)23-12-5-3-11(4-6-12)17(21)25/h3-9,14H,10H2,1-2H3,(H2,21,25)(H,22,28)(H,23,26). The molecule has 1 aliphatic rings. The summed E-state index contributed by atoms with van der Waals surface area (Å²) in [5.41, 5.74) is 6.09. The van der Waals surface area contributed by atoms with E-state index in [1.807, 2.05) is 0 Å². The van der Waals surface area contributed by atoms with E-state index in [4.69, 9.17) is 15.2 Å². The molecule has 0 spiro atoms. The van der Waals surface area contributed by atoms with Crippen LogP contribution in [-0.2, 0) is 9.59 Å². The number of nitrogens with zero attached hydrogens (tertiary/aromatic N) is 1. The number of benzene rings is 2. The van der Waals surface area contributed by atoms with Gasteiger partial charge in [-0.1, -0.05) is 0 Å². The summed E-state index contributed by atoms with van der Waals surface area (Å²) in [6.45, 7) is -0.146. The number of primary amides is 1. The first-order valence-corrected chi connectivity index (χ1v) is 8.90. The number of carbonyl (C=O) groups excluding carboxylic acids is 4. The van der Waals surface area contributed by atoms with Crippen molar-refractivity contribution in [1.82, 2.24) is 5.32 Å². The van der Waals surface area contributed by atoms with Gasteiger partial charge < -0.3 is 25.8 Å².